The summed E-state index contributed by atoms with van der Waals surface area (Å²) in [5, 5.41) is 0. The van der Waals surface area contributed by atoms with Gasteiger partial charge in [0.05, 0.1) is 11.4 Å². The van der Waals surface area contributed by atoms with Gasteiger partial charge in [-0.3, -0.25) is 0 Å². The molecular formula is C18H13BrN2O. The van der Waals surface area contributed by atoms with Crippen LogP contribution < -0.4 is 0 Å². The summed E-state index contributed by atoms with van der Waals surface area (Å²) < 4.78 is 6.57. The van der Waals surface area contributed by atoms with Crippen molar-refractivity contribution in [2.45, 2.75) is 19.8 Å². The van der Waals surface area contributed by atoms with E-state index >= 15 is 0 Å². The third kappa shape index (κ3) is 1.56. The predicted octanol–water partition coefficient (Wildman–Crippen LogP) is 4.84. The number of furan rings is 1. The van der Waals surface area contributed by atoms with Crippen LogP contribution in [0.15, 0.2) is 71.3 Å². The van der Waals surface area contributed by atoms with Crippen LogP contribution in [0.25, 0.3) is 5.57 Å². The lowest BCUT2D eigenvalue weighted by molar-refractivity contribution is 0.521. The van der Waals surface area contributed by atoms with Gasteiger partial charge in [-0.1, -0.05) is 18.6 Å². The first-order chi connectivity index (χ1) is 10.7. The van der Waals surface area contributed by atoms with Crippen molar-refractivity contribution in [1.29, 1.82) is 0 Å². The minimum Gasteiger partial charge on any atom is -0.450 e. The minimum absolute atomic E-state index is 0.346. The molecule has 5 rings (SSSR count). The van der Waals surface area contributed by atoms with E-state index in [4.69, 9.17) is 4.42 Å². The molecule has 3 nitrogen and oxygen atoms in total. The van der Waals surface area contributed by atoms with Crippen molar-refractivity contribution in [3.63, 3.8) is 0 Å². The van der Waals surface area contributed by atoms with Crippen LogP contribution in [0.3, 0.4) is 0 Å². The Morgan fingerprint density at radius 3 is 3.00 bits per heavy atom. The van der Waals surface area contributed by atoms with E-state index in [2.05, 4.69) is 45.0 Å². The Morgan fingerprint density at radius 2 is 2.18 bits per heavy atom. The van der Waals surface area contributed by atoms with Gasteiger partial charge in [0.25, 0.3) is 0 Å². The molecule has 0 aromatic carbocycles. The molecule has 0 radical (unpaired) electrons. The van der Waals surface area contributed by atoms with E-state index in [-0.39, 0.29) is 0 Å². The maximum atomic E-state index is 5.80. The zero-order valence-corrected chi connectivity index (χ0v) is 13.6. The van der Waals surface area contributed by atoms with E-state index in [1.807, 2.05) is 12.1 Å². The molecule has 0 bridgehead atoms. The van der Waals surface area contributed by atoms with Crippen LogP contribution >= 0.6 is 15.9 Å². The summed E-state index contributed by atoms with van der Waals surface area (Å²) >= 11 is 3.40. The first-order valence-electron chi connectivity index (χ1n) is 7.46. The molecule has 4 heteroatoms. The smallest absolute Gasteiger partial charge is 0.169 e. The van der Waals surface area contributed by atoms with E-state index in [0.29, 0.717) is 5.92 Å². The molecule has 0 N–H and O–H groups in total. The zero-order valence-electron chi connectivity index (χ0n) is 12.1. The minimum atomic E-state index is 0.346. The van der Waals surface area contributed by atoms with Gasteiger partial charge in [0.2, 0.25) is 0 Å². The first-order valence-corrected chi connectivity index (χ1v) is 8.25. The van der Waals surface area contributed by atoms with E-state index in [1.54, 1.807) is 6.34 Å². The van der Waals surface area contributed by atoms with Crippen LogP contribution in [0.1, 0.15) is 25.5 Å². The summed E-state index contributed by atoms with van der Waals surface area (Å²) in [6.07, 6.45) is 8.27. The van der Waals surface area contributed by atoms with Crippen molar-refractivity contribution in [2.75, 3.05) is 0 Å². The lowest BCUT2D eigenvalue weighted by Gasteiger charge is -2.29. The van der Waals surface area contributed by atoms with Gasteiger partial charge in [-0.15, -0.1) is 0 Å². The fourth-order valence-corrected chi connectivity index (χ4v) is 4.16. The van der Waals surface area contributed by atoms with Gasteiger partial charge in [-0.25, -0.2) is 9.98 Å². The fraction of sp³-hybridized carbons (Fsp3) is 0.222. The number of allylic oxidation sites excluding steroid dienone is 8. The van der Waals surface area contributed by atoms with E-state index in [9.17, 15) is 0 Å². The Bertz CT molecular complexity index is 905. The van der Waals surface area contributed by atoms with Crippen molar-refractivity contribution in [2.24, 2.45) is 15.9 Å². The second-order valence-corrected chi connectivity index (χ2v) is 6.81. The van der Waals surface area contributed by atoms with Gasteiger partial charge in [-0.05, 0) is 51.7 Å². The highest BCUT2D eigenvalue weighted by molar-refractivity contribution is 9.10. The van der Waals surface area contributed by atoms with Crippen LogP contribution in [0.2, 0.25) is 0 Å². The standard InChI is InChI=1S/C18H13BrN2O/c1-9-11-3-2-10-6-14-18(21-8-20-14)13(17(10)11)7-12(9)15-4-5-16(19)22-15/h3-5,7-9H,2,6H2,1H3. The number of hydrogen-bond donors (Lipinski definition) is 0. The molecule has 1 aliphatic heterocycles. The summed E-state index contributed by atoms with van der Waals surface area (Å²) in [7, 11) is 0. The topological polar surface area (TPSA) is 37.9 Å². The monoisotopic (exact) mass is 352 g/mol. The van der Waals surface area contributed by atoms with Crippen LogP contribution in [0, 0.1) is 5.92 Å². The Morgan fingerprint density at radius 1 is 1.27 bits per heavy atom. The van der Waals surface area contributed by atoms with Crippen molar-refractivity contribution < 1.29 is 4.42 Å². The highest BCUT2D eigenvalue weighted by atomic mass is 79.9. The zero-order chi connectivity index (χ0) is 14.8. The number of fused-ring (bicyclic) bond motifs is 1. The molecule has 0 fully saturated rings. The van der Waals surface area contributed by atoms with Crippen LogP contribution in [0.5, 0.6) is 0 Å². The highest BCUT2D eigenvalue weighted by Crippen LogP contribution is 2.51. The summed E-state index contributed by atoms with van der Waals surface area (Å²) in [6.45, 7) is 2.26. The number of rotatable bonds is 1. The second-order valence-electron chi connectivity index (χ2n) is 6.03. The Labute approximate surface area is 136 Å². The van der Waals surface area contributed by atoms with Gasteiger partial charge in [0.15, 0.2) is 4.67 Å². The lowest BCUT2D eigenvalue weighted by Crippen LogP contribution is -2.17. The van der Waals surface area contributed by atoms with Crippen LogP contribution in [-0.4, -0.2) is 12.1 Å². The third-order valence-corrected chi connectivity index (χ3v) is 5.31. The Kier molecular flexibility index (Phi) is 2.46. The molecule has 4 aliphatic rings. The summed E-state index contributed by atoms with van der Waals surface area (Å²) in [4.78, 5) is 8.94. The maximum Gasteiger partial charge on any atom is 0.169 e. The predicted molar refractivity (Wildman–Crippen MR) is 90.8 cm³/mol. The van der Waals surface area contributed by atoms with E-state index < -0.39 is 0 Å². The summed E-state index contributed by atoms with van der Waals surface area (Å²) in [6, 6.07) is 3.97. The van der Waals surface area contributed by atoms with Crippen molar-refractivity contribution in [1.82, 2.24) is 0 Å². The Hall–Kier alpha value is -1.94. The third-order valence-electron chi connectivity index (χ3n) is 4.88. The average molecular weight is 353 g/mol. The van der Waals surface area contributed by atoms with Crippen LogP contribution in [0.4, 0.5) is 0 Å². The molecule has 3 aliphatic carbocycles. The maximum absolute atomic E-state index is 5.80. The second kappa shape index (κ2) is 4.29. The van der Waals surface area contributed by atoms with E-state index in [1.165, 1.54) is 27.9 Å². The fourth-order valence-electron chi connectivity index (χ4n) is 3.85. The van der Waals surface area contributed by atoms with Gasteiger partial charge in [0, 0.05) is 23.5 Å². The molecule has 1 unspecified atom stereocenters. The number of hydrogen-bond acceptors (Lipinski definition) is 3. The number of aliphatic imine (C=N–C) groups is 2. The van der Waals surface area contributed by atoms with Gasteiger partial charge >= 0.3 is 0 Å². The largest absolute Gasteiger partial charge is 0.450 e. The Balaban J connectivity index is 1.78. The molecule has 1 atom stereocenters. The first kappa shape index (κ1) is 12.6. The van der Waals surface area contributed by atoms with Crippen molar-refractivity contribution in [3.8, 4) is 0 Å². The van der Waals surface area contributed by atoms with Crippen molar-refractivity contribution >= 4 is 33.6 Å². The number of halogens is 1. The molecule has 22 heavy (non-hydrogen) atoms. The quantitative estimate of drug-likeness (QED) is 0.712. The number of nitrogens with zero attached hydrogens (tertiary/aromatic N) is 2. The van der Waals surface area contributed by atoms with Gasteiger partial charge < -0.3 is 4.42 Å². The van der Waals surface area contributed by atoms with Crippen LogP contribution in [-0.2, 0) is 0 Å². The van der Waals surface area contributed by atoms with Gasteiger partial charge in [0.1, 0.15) is 12.1 Å². The van der Waals surface area contributed by atoms with Crippen molar-refractivity contribution in [3.05, 3.63) is 62.7 Å². The van der Waals surface area contributed by atoms with E-state index in [0.717, 1.165) is 34.7 Å². The normalized spacial score (nSPS) is 25.2. The molecule has 1 aromatic heterocycles. The summed E-state index contributed by atoms with van der Waals surface area (Å²) in [5.41, 5.74) is 8.90. The molecule has 0 spiro atoms. The molecule has 0 saturated carbocycles. The molecule has 0 saturated heterocycles. The summed E-state index contributed by atoms with van der Waals surface area (Å²) in [5.74, 6) is 1.27. The molecule has 1 aromatic rings. The average Bonchev–Trinajstić information content (AvgIpc) is 3.21. The molecular weight excluding hydrogens is 340 g/mol. The molecule has 2 heterocycles. The highest BCUT2D eigenvalue weighted by Gasteiger charge is 2.37. The molecule has 108 valence electrons. The SMILES string of the molecule is CC1C2=CCC3=C2C(=C2N=CN=C2C3)C=C1c1ccc(Br)o1. The molecule has 0 amide bonds. The van der Waals surface area contributed by atoms with Gasteiger partial charge in [-0.2, -0.15) is 0 Å². The lowest BCUT2D eigenvalue weighted by atomic mass is 9.75.